The predicted molar refractivity (Wildman–Crippen MR) is 72.4 cm³/mol. The minimum atomic E-state index is -3.98. The summed E-state index contributed by atoms with van der Waals surface area (Å²) in [6.45, 7) is 3.04. The molecule has 0 atom stereocenters. The van der Waals surface area contributed by atoms with Crippen molar-refractivity contribution in [3.8, 4) is 11.5 Å². The standard InChI is InChI=1S/C12H13N3O4S/c1-7-6-19-12(14-7)10-4-3-9(15-8(2)16)5-11(10)20(13,17)18/h3-6H,1-2H3,(H,15,16)(H2,13,17,18). The van der Waals surface area contributed by atoms with E-state index in [-0.39, 0.29) is 22.3 Å². The van der Waals surface area contributed by atoms with Gasteiger partial charge in [0.2, 0.25) is 21.8 Å². The van der Waals surface area contributed by atoms with E-state index in [1.54, 1.807) is 13.0 Å². The van der Waals surface area contributed by atoms with Crippen molar-refractivity contribution < 1.29 is 17.6 Å². The second kappa shape index (κ2) is 5.06. The highest BCUT2D eigenvalue weighted by Crippen LogP contribution is 2.28. The first kappa shape index (κ1) is 14.2. The molecule has 1 heterocycles. The number of hydrogen-bond donors (Lipinski definition) is 2. The number of oxazole rings is 1. The molecule has 1 amide bonds. The van der Waals surface area contributed by atoms with E-state index in [1.165, 1.54) is 25.3 Å². The summed E-state index contributed by atoms with van der Waals surface area (Å²) >= 11 is 0. The summed E-state index contributed by atoms with van der Waals surface area (Å²) in [5.41, 5.74) is 1.19. The van der Waals surface area contributed by atoms with E-state index in [0.29, 0.717) is 11.4 Å². The van der Waals surface area contributed by atoms with E-state index in [4.69, 9.17) is 9.56 Å². The highest BCUT2D eigenvalue weighted by atomic mass is 32.2. The summed E-state index contributed by atoms with van der Waals surface area (Å²) in [5, 5.41) is 7.68. The van der Waals surface area contributed by atoms with Crippen molar-refractivity contribution in [3.63, 3.8) is 0 Å². The molecule has 106 valence electrons. The van der Waals surface area contributed by atoms with Crippen LogP contribution in [0.1, 0.15) is 12.6 Å². The lowest BCUT2D eigenvalue weighted by Crippen LogP contribution is -2.15. The number of aryl methyl sites for hydroxylation is 1. The molecule has 20 heavy (non-hydrogen) atoms. The van der Waals surface area contributed by atoms with Gasteiger partial charge in [-0.25, -0.2) is 18.5 Å². The Kier molecular flexibility index (Phi) is 3.60. The van der Waals surface area contributed by atoms with Crippen molar-refractivity contribution >= 4 is 21.6 Å². The topological polar surface area (TPSA) is 115 Å². The number of nitrogens with two attached hydrogens (primary N) is 1. The molecule has 0 aliphatic carbocycles. The molecule has 3 N–H and O–H groups in total. The van der Waals surface area contributed by atoms with E-state index in [0.717, 1.165) is 0 Å². The molecule has 0 unspecified atom stereocenters. The van der Waals surface area contributed by atoms with Crippen LogP contribution in [0.25, 0.3) is 11.5 Å². The lowest BCUT2D eigenvalue weighted by Gasteiger charge is -2.08. The number of hydrogen-bond acceptors (Lipinski definition) is 5. The Bertz CT molecular complexity index is 765. The number of rotatable bonds is 3. The molecule has 2 aromatic rings. The average molecular weight is 295 g/mol. The number of anilines is 1. The highest BCUT2D eigenvalue weighted by molar-refractivity contribution is 7.89. The average Bonchev–Trinajstić information content (AvgIpc) is 2.74. The van der Waals surface area contributed by atoms with Crippen LogP contribution in [0.5, 0.6) is 0 Å². The van der Waals surface area contributed by atoms with Crippen LogP contribution in [0.3, 0.4) is 0 Å². The lowest BCUT2D eigenvalue weighted by atomic mass is 10.2. The third-order valence-electron chi connectivity index (χ3n) is 2.46. The number of carbonyl (C=O) groups excluding carboxylic acids is 1. The number of nitrogens with one attached hydrogen (secondary N) is 1. The molecule has 8 heteroatoms. The van der Waals surface area contributed by atoms with Gasteiger partial charge in [-0.05, 0) is 25.1 Å². The molecule has 0 fully saturated rings. The number of nitrogens with zero attached hydrogens (tertiary/aromatic N) is 1. The first-order valence-corrected chi connectivity index (χ1v) is 7.19. The number of primary sulfonamides is 1. The third kappa shape index (κ3) is 3.03. The molecule has 0 saturated carbocycles. The maximum absolute atomic E-state index is 11.7. The second-order valence-electron chi connectivity index (χ2n) is 4.23. The Morgan fingerprint density at radius 2 is 2.10 bits per heavy atom. The van der Waals surface area contributed by atoms with Crippen molar-refractivity contribution in [3.05, 3.63) is 30.2 Å². The van der Waals surface area contributed by atoms with E-state index in [1.807, 2.05) is 0 Å². The van der Waals surface area contributed by atoms with Crippen molar-refractivity contribution in [2.75, 3.05) is 5.32 Å². The van der Waals surface area contributed by atoms with Gasteiger partial charge in [0, 0.05) is 12.6 Å². The first-order chi connectivity index (χ1) is 9.27. The van der Waals surface area contributed by atoms with Gasteiger partial charge in [-0.1, -0.05) is 0 Å². The maximum Gasteiger partial charge on any atom is 0.238 e. The van der Waals surface area contributed by atoms with Crippen LogP contribution >= 0.6 is 0 Å². The summed E-state index contributed by atoms with van der Waals surface area (Å²) in [6, 6.07) is 4.30. The predicted octanol–water partition coefficient (Wildman–Crippen LogP) is 1.26. The highest BCUT2D eigenvalue weighted by Gasteiger charge is 2.19. The number of amides is 1. The summed E-state index contributed by atoms with van der Waals surface area (Å²) in [5.74, 6) is -0.161. The molecule has 0 saturated heterocycles. The third-order valence-corrected chi connectivity index (χ3v) is 3.41. The second-order valence-corrected chi connectivity index (χ2v) is 5.76. The first-order valence-electron chi connectivity index (χ1n) is 5.64. The number of aromatic nitrogens is 1. The lowest BCUT2D eigenvalue weighted by molar-refractivity contribution is -0.114. The van der Waals surface area contributed by atoms with Crippen molar-refractivity contribution in [2.45, 2.75) is 18.7 Å². The molecule has 0 aliphatic rings. The molecule has 1 aromatic carbocycles. The monoisotopic (exact) mass is 295 g/mol. The molecule has 0 radical (unpaired) electrons. The molecular formula is C12H13N3O4S. The van der Waals surface area contributed by atoms with Crippen LogP contribution in [0.4, 0.5) is 5.69 Å². The normalized spacial score (nSPS) is 11.3. The fraction of sp³-hybridized carbons (Fsp3) is 0.167. The summed E-state index contributed by atoms with van der Waals surface area (Å²) in [4.78, 5) is 14.9. The van der Waals surface area contributed by atoms with Crippen LogP contribution in [-0.4, -0.2) is 19.3 Å². The fourth-order valence-corrected chi connectivity index (χ4v) is 2.45. The Morgan fingerprint density at radius 3 is 2.60 bits per heavy atom. The summed E-state index contributed by atoms with van der Waals surface area (Å²) < 4.78 is 28.5. The molecule has 0 bridgehead atoms. The Balaban J connectivity index is 2.60. The SMILES string of the molecule is CC(=O)Nc1ccc(-c2nc(C)co2)c(S(N)(=O)=O)c1. The quantitative estimate of drug-likeness (QED) is 0.884. The minimum Gasteiger partial charge on any atom is -0.444 e. The zero-order chi connectivity index (χ0) is 14.9. The Labute approximate surface area is 115 Å². The van der Waals surface area contributed by atoms with Gasteiger partial charge in [0.1, 0.15) is 6.26 Å². The Morgan fingerprint density at radius 1 is 1.40 bits per heavy atom. The van der Waals surface area contributed by atoms with Gasteiger partial charge in [-0.15, -0.1) is 0 Å². The van der Waals surface area contributed by atoms with Crippen LogP contribution < -0.4 is 10.5 Å². The van der Waals surface area contributed by atoms with Crippen molar-refractivity contribution in [1.29, 1.82) is 0 Å². The van der Waals surface area contributed by atoms with E-state index >= 15 is 0 Å². The zero-order valence-corrected chi connectivity index (χ0v) is 11.7. The summed E-state index contributed by atoms with van der Waals surface area (Å²) in [6.07, 6.45) is 1.41. The fourth-order valence-electron chi connectivity index (χ4n) is 1.69. The van der Waals surface area contributed by atoms with Gasteiger partial charge >= 0.3 is 0 Å². The molecular weight excluding hydrogens is 282 g/mol. The van der Waals surface area contributed by atoms with Crippen LogP contribution in [-0.2, 0) is 14.8 Å². The minimum absolute atomic E-state index is 0.154. The van der Waals surface area contributed by atoms with Crippen LogP contribution in [0, 0.1) is 6.92 Å². The Hall–Kier alpha value is -2.19. The molecule has 2 rings (SSSR count). The molecule has 0 aliphatic heterocycles. The van der Waals surface area contributed by atoms with Crippen LogP contribution in [0.2, 0.25) is 0 Å². The van der Waals surface area contributed by atoms with E-state index in [2.05, 4.69) is 10.3 Å². The zero-order valence-electron chi connectivity index (χ0n) is 10.9. The van der Waals surface area contributed by atoms with Crippen molar-refractivity contribution in [2.24, 2.45) is 5.14 Å². The number of benzene rings is 1. The van der Waals surface area contributed by atoms with Gasteiger partial charge in [-0.2, -0.15) is 0 Å². The van der Waals surface area contributed by atoms with Crippen molar-refractivity contribution in [1.82, 2.24) is 4.98 Å². The van der Waals surface area contributed by atoms with Gasteiger partial charge in [0.25, 0.3) is 0 Å². The molecule has 7 nitrogen and oxygen atoms in total. The number of sulfonamides is 1. The molecule has 0 spiro atoms. The van der Waals surface area contributed by atoms with E-state index in [9.17, 15) is 13.2 Å². The molecule has 1 aromatic heterocycles. The van der Waals surface area contributed by atoms with Crippen LogP contribution in [0.15, 0.2) is 33.8 Å². The van der Waals surface area contributed by atoms with Gasteiger partial charge in [-0.3, -0.25) is 4.79 Å². The smallest absolute Gasteiger partial charge is 0.238 e. The summed E-state index contributed by atoms with van der Waals surface area (Å²) in [7, 11) is -3.98. The number of carbonyl (C=O) groups is 1. The van der Waals surface area contributed by atoms with Gasteiger partial charge in [0.05, 0.1) is 16.2 Å². The maximum atomic E-state index is 11.7. The van der Waals surface area contributed by atoms with Gasteiger partial charge < -0.3 is 9.73 Å². The van der Waals surface area contributed by atoms with E-state index < -0.39 is 10.0 Å². The largest absolute Gasteiger partial charge is 0.444 e. The van der Waals surface area contributed by atoms with Gasteiger partial charge in [0.15, 0.2) is 0 Å².